The van der Waals surface area contributed by atoms with Crippen LogP contribution in [0.15, 0.2) is 24.3 Å². The van der Waals surface area contributed by atoms with Crippen molar-refractivity contribution in [3.8, 4) is 0 Å². The number of rotatable bonds is 7. The molecular formula is C16H27NO. The summed E-state index contributed by atoms with van der Waals surface area (Å²) < 4.78 is 5.91. The predicted molar refractivity (Wildman–Crippen MR) is 77.5 cm³/mol. The van der Waals surface area contributed by atoms with Gasteiger partial charge in [-0.15, -0.1) is 0 Å². The Morgan fingerprint density at radius 3 is 2.17 bits per heavy atom. The molecule has 0 heterocycles. The molecule has 0 fully saturated rings. The summed E-state index contributed by atoms with van der Waals surface area (Å²) in [5.74, 6) is 0.561. The van der Waals surface area contributed by atoms with Crippen LogP contribution in [0.2, 0.25) is 0 Å². The van der Waals surface area contributed by atoms with E-state index in [9.17, 15) is 0 Å². The second kappa shape index (κ2) is 7.55. The van der Waals surface area contributed by atoms with Crippen molar-refractivity contribution in [2.45, 2.75) is 59.9 Å². The van der Waals surface area contributed by atoms with Gasteiger partial charge in [0, 0.05) is 12.6 Å². The van der Waals surface area contributed by atoms with Crippen LogP contribution < -0.4 is 5.32 Å². The Kier molecular flexibility index (Phi) is 6.37. The van der Waals surface area contributed by atoms with Crippen LogP contribution in [-0.4, -0.2) is 12.1 Å². The van der Waals surface area contributed by atoms with Crippen LogP contribution in [0.1, 0.15) is 45.7 Å². The molecule has 1 aromatic carbocycles. The fourth-order valence-corrected chi connectivity index (χ4v) is 1.60. The lowest BCUT2D eigenvalue weighted by molar-refractivity contribution is 0.0231. The molecule has 102 valence electrons. The van der Waals surface area contributed by atoms with Gasteiger partial charge in [0.15, 0.2) is 0 Å². The van der Waals surface area contributed by atoms with E-state index < -0.39 is 0 Å². The molecule has 1 aromatic rings. The molecule has 0 aliphatic carbocycles. The minimum absolute atomic E-state index is 0.302. The van der Waals surface area contributed by atoms with Crippen LogP contribution in [0.4, 0.5) is 0 Å². The lowest BCUT2D eigenvalue weighted by atomic mass is 10.1. The summed E-state index contributed by atoms with van der Waals surface area (Å²) in [5, 5.41) is 3.46. The summed E-state index contributed by atoms with van der Waals surface area (Å²) in [5.41, 5.74) is 2.63. The summed E-state index contributed by atoms with van der Waals surface area (Å²) in [4.78, 5) is 0. The normalized spacial score (nSPS) is 13.3. The third kappa shape index (κ3) is 5.19. The van der Waals surface area contributed by atoms with E-state index in [1.807, 2.05) is 0 Å². The van der Waals surface area contributed by atoms with Crippen molar-refractivity contribution in [3.63, 3.8) is 0 Å². The molecule has 0 radical (unpaired) electrons. The molecule has 2 nitrogen and oxygen atoms in total. The number of ether oxygens (including phenoxy) is 1. The van der Waals surface area contributed by atoms with Crippen molar-refractivity contribution < 1.29 is 4.74 Å². The molecule has 0 aliphatic rings. The first-order valence-electron chi connectivity index (χ1n) is 6.92. The highest BCUT2D eigenvalue weighted by molar-refractivity contribution is 5.26. The summed E-state index contributed by atoms with van der Waals surface area (Å²) >= 11 is 0. The first-order valence-corrected chi connectivity index (χ1v) is 6.92. The summed E-state index contributed by atoms with van der Waals surface area (Å²) in [6, 6.07) is 9.01. The van der Waals surface area contributed by atoms with Gasteiger partial charge in [-0.2, -0.15) is 0 Å². The lowest BCUT2D eigenvalue weighted by Crippen LogP contribution is -2.23. The zero-order valence-corrected chi connectivity index (χ0v) is 12.4. The molecule has 0 saturated heterocycles. The van der Waals surface area contributed by atoms with Crippen molar-refractivity contribution >= 4 is 0 Å². The van der Waals surface area contributed by atoms with E-state index in [1.165, 1.54) is 11.1 Å². The van der Waals surface area contributed by atoms with E-state index in [0.717, 1.165) is 6.54 Å². The number of nitrogens with one attached hydrogen (secondary N) is 1. The fourth-order valence-electron chi connectivity index (χ4n) is 1.60. The highest BCUT2D eigenvalue weighted by Gasteiger charge is 2.09. The maximum atomic E-state index is 5.91. The van der Waals surface area contributed by atoms with Gasteiger partial charge in [0.1, 0.15) is 0 Å². The topological polar surface area (TPSA) is 21.3 Å². The first kappa shape index (κ1) is 15.2. The maximum Gasteiger partial charge on any atom is 0.0723 e. The zero-order chi connectivity index (χ0) is 13.5. The van der Waals surface area contributed by atoms with E-state index >= 15 is 0 Å². The molecule has 0 aliphatic heterocycles. The van der Waals surface area contributed by atoms with Crippen molar-refractivity contribution in [2.75, 3.05) is 0 Å². The van der Waals surface area contributed by atoms with E-state index in [-0.39, 0.29) is 0 Å². The third-order valence-electron chi connectivity index (χ3n) is 3.26. The largest absolute Gasteiger partial charge is 0.374 e. The maximum absolute atomic E-state index is 5.91. The van der Waals surface area contributed by atoms with Gasteiger partial charge in [-0.3, -0.25) is 0 Å². The van der Waals surface area contributed by atoms with Crippen molar-refractivity contribution in [2.24, 2.45) is 5.92 Å². The lowest BCUT2D eigenvalue weighted by Gasteiger charge is -2.18. The molecule has 1 N–H and O–H groups in total. The second-order valence-corrected chi connectivity index (χ2v) is 5.56. The van der Waals surface area contributed by atoms with Gasteiger partial charge in [-0.05, 0) is 24.0 Å². The summed E-state index contributed by atoms with van der Waals surface area (Å²) in [6.45, 7) is 12.5. The quantitative estimate of drug-likeness (QED) is 0.794. The molecule has 0 amide bonds. The third-order valence-corrected chi connectivity index (χ3v) is 3.26. The van der Waals surface area contributed by atoms with E-state index in [2.05, 4.69) is 64.2 Å². The standard InChI is InChI=1S/C16H27NO/c1-12(2)14(5)18-11-16-9-7-6-8-15(16)10-17-13(3)4/h6-9,12-14,17H,10-11H2,1-5H3. The Bertz CT molecular complexity index is 347. The Balaban J connectivity index is 2.58. The van der Waals surface area contributed by atoms with Crippen LogP contribution >= 0.6 is 0 Å². The molecule has 0 aromatic heterocycles. The van der Waals surface area contributed by atoms with Gasteiger partial charge >= 0.3 is 0 Å². The highest BCUT2D eigenvalue weighted by Crippen LogP contribution is 2.14. The van der Waals surface area contributed by atoms with Gasteiger partial charge in [-0.25, -0.2) is 0 Å². The molecule has 18 heavy (non-hydrogen) atoms. The SMILES string of the molecule is CC(C)NCc1ccccc1COC(C)C(C)C. The average molecular weight is 249 g/mol. The van der Waals surface area contributed by atoms with Crippen molar-refractivity contribution in [3.05, 3.63) is 35.4 Å². The molecule has 0 bridgehead atoms. The Hall–Kier alpha value is -0.860. The van der Waals surface area contributed by atoms with Crippen LogP contribution in [0.25, 0.3) is 0 Å². The molecule has 1 unspecified atom stereocenters. The van der Waals surface area contributed by atoms with Crippen molar-refractivity contribution in [1.29, 1.82) is 0 Å². The van der Waals surface area contributed by atoms with E-state index in [4.69, 9.17) is 4.74 Å². The molecule has 0 saturated carbocycles. The first-order chi connectivity index (χ1) is 8.50. The van der Waals surface area contributed by atoms with Crippen LogP contribution in [0.3, 0.4) is 0 Å². The zero-order valence-electron chi connectivity index (χ0n) is 12.4. The highest BCUT2D eigenvalue weighted by atomic mass is 16.5. The summed E-state index contributed by atoms with van der Waals surface area (Å²) in [7, 11) is 0. The second-order valence-electron chi connectivity index (χ2n) is 5.56. The van der Waals surface area contributed by atoms with Gasteiger partial charge < -0.3 is 10.1 Å². The van der Waals surface area contributed by atoms with E-state index in [0.29, 0.717) is 24.7 Å². The summed E-state index contributed by atoms with van der Waals surface area (Å²) in [6.07, 6.45) is 0.302. The Morgan fingerprint density at radius 1 is 1.00 bits per heavy atom. The van der Waals surface area contributed by atoms with Gasteiger partial charge in [0.2, 0.25) is 0 Å². The van der Waals surface area contributed by atoms with Crippen LogP contribution in [0, 0.1) is 5.92 Å². The van der Waals surface area contributed by atoms with Crippen LogP contribution in [0.5, 0.6) is 0 Å². The van der Waals surface area contributed by atoms with Gasteiger partial charge in [0.05, 0.1) is 12.7 Å². The minimum atomic E-state index is 0.302. The molecular weight excluding hydrogens is 222 g/mol. The number of hydrogen-bond acceptors (Lipinski definition) is 2. The van der Waals surface area contributed by atoms with Crippen molar-refractivity contribution in [1.82, 2.24) is 5.32 Å². The Morgan fingerprint density at radius 2 is 1.61 bits per heavy atom. The van der Waals surface area contributed by atoms with Crippen LogP contribution in [-0.2, 0) is 17.9 Å². The molecule has 1 rings (SSSR count). The average Bonchev–Trinajstić information content (AvgIpc) is 2.34. The number of hydrogen-bond donors (Lipinski definition) is 1. The predicted octanol–water partition coefficient (Wildman–Crippen LogP) is 3.75. The number of benzene rings is 1. The molecule has 0 spiro atoms. The molecule has 2 heteroatoms. The fraction of sp³-hybridized carbons (Fsp3) is 0.625. The van der Waals surface area contributed by atoms with E-state index in [1.54, 1.807) is 0 Å². The minimum Gasteiger partial charge on any atom is -0.374 e. The van der Waals surface area contributed by atoms with Gasteiger partial charge in [0.25, 0.3) is 0 Å². The smallest absolute Gasteiger partial charge is 0.0723 e. The Labute approximate surface area is 112 Å². The monoisotopic (exact) mass is 249 g/mol. The molecule has 1 atom stereocenters. The van der Waals surface area contributed by atoms with Gasteiger partial charge in [-0.1, -0.05) is 52.0 Å².